The minimum Gasteiger partial charge on any atom is -0.497 e. The van der Waals surface area contributed by atoms with Gasteiger partial charge in [-0.25, -0.2) is 0 Å². The van der Waals surface area contributed by atoms with Gasteiger partial charge < -0.3 is 19.5 Å². The first-order chi connectivity index (χ1) is 9.72. The molecular weight excluding hydrogens is 258 g/mol. The summed E-state index contributed by atoms with van der Waals surface area (Å²) >= 11 is 0. The molecule has 20 heavy (non-hydrogen) atoms. The highest BCUT2D eigenvalue weighted by molar-refractivity contribution is 5.75. The number of nitrogens with one attached hydrogen (secondary N) is 1. The molecule has 1 aliphatic rings. The fourth-order valence-corrected chi connectivity index (χ4v) is 1.93. The van der Waals surface area contributed by atoms with Crippen LogP contribution in [-0.2, 0) is 9.53 Å². The van der Waals surface area contributed by atoms with Crippen LogP contribution >= 0.6 is 0 Å². The molecule has 0 spiro atoms. The summed E-state index contributed by atoms with van der Waals surface area (Å²) in [4.78, 5) is 11.7. The third-order valence-electron chi connectivity index (χ3n) is 3.22. The minimum atomic E-state index is -0.293. The second-order valence-electron chi connectivity index (χ2n) is 4.83. The van der Waals surface area contributed by atoms with Crippen molar-refractivity contribution in [1.29, 1.82) is 0 Å². The molecule has 1 aromatic carbocycles. The summed E-state index contributed by atoms with van der Waals surface area (Å²) in [6.07, 6.45) is 2.84. The highest BCUT2D eigenvalue weighted by atomic mass is 16.5. The summed E-state index contributed by atoms with van der Waals surface area (Å²) in [5, 5.41) is 3.27. The Balaban J connectivity index is 1.80. The van der Waals surface area contributed by atoms with Gasteiger partial charge in [-0.3, -0.25) is 4.79 Å². The highest BCUT2D eigenvalue weighted by Crippen LogP contribution is 2.21. The third kappa shape index (κ3) is 4.42. The first-order valence-electron chi connectivity index (χ1n) is 6.83. The van der Waals surface area contributed by atoms with Crippen molar-refractivity contribution >= 4 is 5.97 Å². The molecule has 0 radical (unpaired) electrons. The van der Waals surface area contributed by atoms with Gasteiger partial charge in [-0.05, 0) is 25.0 Å². The van der Waals surface area contributed by atoms with E-state index in [1.165, 1.54) is 7.11 Å². The second-order valence-corrected chi connectivity index (χ2v) is 4.83. The van der Waals surface area contributed by atoms with Gasteiger partial charge in [0.05, 0.1) is 20.8 Å². The Morgan fingerprint density at radius 2 is 2.10 bits per heavy atom. The number of methoxy groups -OCH3 is 2. The maximum absolute atomic E-state index is 11.7. The maximum Gasteiger partial charge on any atom is 0.322 e. The van der Waals surface area contributed by atoms with Crippen LogP contribution in [0.4, 0.5) is 0 Å². The first-order valence-corrected chi connectivity index (χ1v) is 6.83. The Bertz CT molecular complexity index is 445. The van der Waals surface area contributed by atoms with Gasteiger partial charge in [0.2, 0.25) is 0 Å². The van der Waals surface area contributed by atoms with Gasteiger partial charge in [0, 0.05) is 18.5 Å². The SMILES string of the molecule is COC(=O)C(CCOc1cccc(OC)c1)NC1CC1. The zero-order chi connectivity index (χ0) is 14.4. The smallest absolute Gasteiger partial charge is 0.322 e. The zero-order valence-electron chi connectivity index (χ0n) is 11.9. The second kappa shape index (κ2) is 7.14. The van der Waals surface area contributed by atoms with Gasteiger partial charge in [0.25, 0.3) is 0 Å². The number of ether oxygens (including phenoxy) is 3. The van der Waals surface area contributed by atoms with Gasteiger partial charge in [-0.15, -0.1) is 0 Å². The summed E-state index contributed by atoms with van der Waals surface area (Å²) in [5.74, 6) is 1.26. The molecule has 1 atom stereocenters. The molecule has 5 heteroatoms. The molecule has 110 valence electrons. The van der Waals surface area contributed by atoms with Gasteiger partial charge in [0.15, 0.2) is 0 Å². The monoisotopic (exact) mass is 279 g/mol. The molecule has 0 heterocycles. The van der Waals surface area contributed by atoms with E-state index in [0.717, 1.165) is 24.3 Å². The molecule has 5 nitrogen and oxygen atoms in total. The summed E-state index contributed by atoms with van der Waals surface area (Å²) in [7, 11) is 3.03. The molecule has 2 rings (SSSR count). The molecule has 1 aromatic rings. The average Bonchev–Trinajstić information content (AvgIpc) is 3.29. The lowest BCUT2D eigenvalue weighted by atomic mass is 10.2. The molecule has 1 fully saturated rings. The van der Waals surface area contributed by atoms with E-state index in [1.54, 1.807) is 7.11 Å². The van der Waals surface area contributed by atoms with Gasteiger partial charge in [-0.1, -0.05) is 6.07 Å². The number of esters is 1. The van der Waals surface area contributed by atoms with Crippen LogP contribution in [0.3, 0.4) is 0 Å². The summed E-state index contributed by atoms with van der Waals surface area (Å²) in [6.45, 7) is 0.451. The van der Waals surface area contributed by atoms with Gasteiger partial charge >= 0.3 is 5.97 Å². The normalized spacial score (nSPS) is 15.5. The zero-order valence-corrected chi connectivity index (χ0v) is 11.9. The van der Waals surface area contributed by atoms with Crippen molar-refractivity contribution in [2.24, 2.45) is 0 Å². The van der Waals surface area contributed by atoms with Crippen molar-refractivity contribution in [1.82, 2.24) is 5.32 Å². The molecule has 1 saturated carbocycles. The molecular formula is C15H21NO4. The molecule has 0 aliphatic heterocycles. The molecule has 0 aromatic heterocycles. The lowest BCUT2D eigenvalue weighted by Gasteiger charge is -2.16. The number of hydrogen-bond donors (Lipinski definition) is 1. The van der Waals surface area contributed by atoms with Crippen LogP contribution in [0.2, 0.25) is 0 Å². The van der Waals surface area contributed by atoms with E-state index >= 15 is 0 Å². The fourth-order valence-electron chi connectivity index (χ4n) is 1.93. The topological polar surface area (TPSA) is 56.8 Å². The van der Waals surface area contributed by atoms with E-state index in [1.807, 2.05) is 24.3 Å². The van der Waals surface area contributed by atoms with Crippen LogP contribution in [0.1, 0.15) is 19.3 Å². The van der Waals surface area contributed by atoms with Crippen molar-refractivity contribution < 1.29 is 19.0 Å². The van der Waals surface area contributed by atoms with Gasteiger partial charge in [0.1, 0.15) is 17.5 Å². The number of carbonyl (C=O) groups excluding carboxylic acids is 1. The fraction of sp³-hybridized carbons (Fsp3) is 0.533. The third-order valence-corrected chi connectivity index (χ3v) is 3.22. The van der Waals surface area contributed by atoms with E-state index < -0.39 is 0 Å². The molecule has 1 N–H and O–H groups in total. The highest BCUT2D eigenvalue weighted by Gasteiger charge is 2.28. The predicted octanol–water partition coefficient (Wildman–Crippen LogP) is 1.76. The van der Waals surface area contributed by atoms with Gasteiger partial charge in [-0.2, -0.15) is 0 Å². The van der Waals surface area contributed by atoms with E-state index in [9.17, 15) is 4.79 Å². The Morgan fingerprint density at radius 1 is 1.35 bits per heavy atom. The first kappa shape index (κ1) is 14.7. The Hall–Kier alpha value is -1.75. The lowest BCUT2D eigenvalue weighted by Crippen LogP contribution is -2.40. The largest absolute Gasteiger partial charge is 0.497 e. The van der Waals surface area contributed by atoms with Crippen LogP contribution in [0.5, 0.6) is 11.5 Å². The van der Waals surface area contributed by atoms with E-state index in [2.05, 4.69) is 5.32 Å². The Kier molecular flexibility index (Phi) is 5.24. The number of carbonyl (C=O) groups is 1. The summed E-state index contributed by atoms with van der Waals surface area (Å²) < 4.78 is 15.6. The molecule has 1 unspecified atom stereocenters. The van der Waals surface area contributed by atoms with E-state index in [0.29, 0.717) is 19.1 Å². The van der Waals surface area contributed by atoms with Crippen LogP contribution in [-0.4, -0.2) is 38.9 Å². The lowest BCUT2D eigenvalue weighted by molar-refractivity contribution is -0.143. The Labute approximate surface area is 119 Å². The Morgan fingerprint density at radius 3 is 2.75 bits per heavy atom. The van der Waals surface area contributed by atoms with Crippen molar-refractivity contribution in [2.45, 2.75) is 31.3 Å². The molecule has 0 saturated heterocycles. The number of benzene rings is 1. The quantitative estimate of drug-likeness (QED) is 0.735. The summed E-state index contributed by atoms with van der Waals surface area (Å²) in [5.41, 5.74) is 0. The molecule has 0 amide bonds. The standard InChI is InChI=1S/C15H21NO4/c1-18-12-4-3-5-13(10-12)20-9-8-14(15(17)19-2)16-11-6-7-11/h3-5,10-11,14,16H,6-9H2,1-2H3. The van der Waals surface area contributed by atoms with Crippen LogP contribution in [0, 0.1) is 0 Å². The van der Waals surface area contributed by atoms with Crippen molar-refractivity contribution in [2.75, 3.05) is 20.8 Å². The number of hydrogen-bond acceptors (Lipinski definition) is 5. The minimum absolute atomic E-state index is 0.230. The van der Waals surface area contributed by atoms with E-state index in [4.69, 9.17) is 14.2 Å². The average molecular weight is 279 g/mol. The van der Waals surface area contributed by atoms with Crippen LogP contribution in [0.15, 0.2) is 24.3 Å². The van der Waals surface area contributed by atoms with Crippen LogP contribution < -0.4 is 14.8 Å². The summed E-state index contributed by atoms with van der Waals surface area (Å²) in [6, 6.07) is 7.58. The van der Waals surface area contributed by atoms with Crippen LogP contribution in [0.25, 0.3) is 0 Å². The van der Waals surface area contributed by atoms with Crippen molar-refractivity contribution in [3.8, 4) is 11.5 Å². The van der Waals surface area contributed by atoms with E-state index in [-0.39, 0.29) is 12.0 Å². The van der Waals surface area contributed by atoms with Crippen molar-refractivity contribution in [3.05, 3.63) is 24.3 Å². The molecule has 1 aliphatic carbocycles. The predicted molar refractivity (Wildman–Crippen MR) is 75.1 cm³/mol. The van der Waals surface area contributed by atoms with Crippen molar-refractivity contribution in [3.63, 3.8) is 0 Å². The number of rotatable bonds is 8. The molecule has 0 bridgehead atoms. The maximum atomic E-state index is 11.7.